The summed E-state index contributed by atoms with van der Waals surface area (Å²) in [5.41, 5.74) is -1.67. The number of rotatable bonds is 15. The molecule has 1 aliphatic rings. The van der Waals surface area contributed by atoms with Gasteiger partial charge in [0.1, 0.15) is 12.2 Å². The molecule has 0 radical (unpaired) electrons. The maximum Gasteiger partial charge on any atom is 0.382 e. The van der Waals surface area contributed by atoms with Crippen LogP contribution in [0, 0.1) is 5.92 Å². The minimum atomic E-state index is -1.67. The van der Waals surface area contributed by atoms with E-state index < -0.39 is 36.1 Å². The average molecular weight is 405 g/mol. The molecule has 0 spiro atoms. The molecule has 8 nitrogen and oxygen atoms in total. The lowest BCUT2D eigenvalue weighted by Gasteiger charge is -2.36. The molecule has 0 fully saturated rings. The van der Waals surface area contributed by atoms with Crippen LogP contribution in [-0.4, -0.2) is 57.6 Å². The molecule has 0 aliphatic carbocycles. The van der Waals surface area contributed by atoms with Gasteiger partial charge in [-0.25, -0.2) is 10.1 Å². The van der Waals surface area contributed by atoms with Gasteiger partial charge in [0.15, 0.2) is 5.76 Å². The molecule has 1 heterocycles. The van der Waals surface area contributed by atoms with Gasteiger partial charge in [0.2, 0.25) is 5.60 Å². The topological polar surface area (TPSA) is 126 Å². The van der Waals surface area contributed by atoms with E-state index in [1.165, 1.54) is 12.8 Å². The van der Waals surface area contributed by atoms with Crippen molar-refractivity contribution in [2.24, 2.45) is 5.92 Å². The lowest BCUT2D eigenvalue weighted by Crippen LogP contribution is -2.49. The predicted molar refractivity (Wildman–Crippen MR) is 102 cm³/mol. The van der Waals surface area contributed by atoms with E-state index in [2.05, 4.69) is 11.8 Å². The molecular weight excluding hydrogens is 368 g/mol. The number of unbranched alkanes of at least 4 members (excludes halogenated alkanes) is 5. The number of aliphatic hydroxyl groups is 3. The molecular formula is C20H36O8. The predicted octanol–water partition coefficient (Wildman–Crippen LogP) is 2.51. The summed E-state index contributed by atoms with van der Waals surface area (Å²) < 4.78 is 11.2. The fraction of sp³-hybridized carbons (Fsp3) is 0.850. The number of ether oxygens (including phenoxy) is 2. The van der Waals surface area contributed by atoms with Crippen LogP contribution in [0.25, 0.3) is 0 Å². The molecule has 1 aliphatic heterocycles. The lowest BCUT2D eigenvalue weighted by atomic mass is 9.85. The van der Waals surface area contributed by atoms with Gasteiger partial charge in [0, 0.05) is 0 Å². The highest BCUT2D eigenvalue weighted by Crippen LogP contribution is 2.42. The van der Waals surface area contributed by atoms with Gasteiger partial charge >= 0.3 is 5.97 Å². The van der Waals surface area contributed by atoms with Gasteiger partial charge in [-0.1, -0.05) is 52.9 Å². The molecule has 1 unspecified atom stereocenters. The Balaban J connectivity index is 2.95. The van der Waals surface area contributed by atoms with Crippen molar-refractivity contribution in [2.75, 3.05) is 13.2 Å². The second kappa shape index (κ2) is 12.3. The fourth-order valence-corrected chi connectivity index (χ4v) is 3.53. The average Bonchev–Trinajstić information content (AvgIpc) is 2.93. The van der Waals surface area contributed by atoms with Crippen molar-refractivity contribution < 1.29 is 39.7 Å². The van der Waals surface area contributed by atoms with E-state index in [9.17, 15) is 20.1 Å². The zero-order valence-corrected chi connectivity index (χ0v) is 17.2. The first-order chi connectivity index (χ1) is 13.4. The van der Waals surface area contributed by atoms with Gasteiger partial charge in [0.05, 0.1) is 13.2 Å². The molecule has 0 aromatic heterocycles. The second-order valence-corrected chi connectivity index (χ2v) is 7.80. The molecule has 3 atom stereocenters. The van der Waals surface area contributed by atoms with Crippen LogP contribution in [-0.2, 0) is 19.2 Å². The summed E-state index contributed by atoms with van der Waals surface area (Å²) in [6.07, 6.45) is 5.01. The van der Waals surface area contributed by atoms with Gasteiger partial charge < -0.3 is 29.7 Å². The van der Waals surface area contributed by atoms with E-state index in [1.54, 1.807) is 0 Å². The van der Waals surface area contributed by atoms with Gasteiger partial charge in [0.25, 0.3) is 5.76 Å². The maximum atomic E-state index is 12.2. The number of carbonyl (C=O) groups excluding carboxylic acids is 1. The van der Waals surface area contributed by atoms with Gasteiger partial charge in [-0.15, -0.1) is 0 Å². The molecule has 4 N–H and O–H groups in total. The monoisotopic (exact) mass is 404 g/mol. The number of cyclic esters (lactones) is 1. The largest absolute Gasteiger partial charge is 0.484 e. The Morgan fingerprint density at radius 1 is 1.07 bits per heavy atom. The highest BCUT2D eigenvalue weighted by Gasteiger charge is 2.56. The second-order valence-electron chi connectivity index (χ2n) is 7.80. The van der Waals surface area contributed by atoms with E-state index in [0.717, 1.165) is 25.7 Å². The number of esters is 1. The molecule has 0 aromatic rings. The molecule has 1 rings (SSSR count). The van der Waals surface area contributed by atoms with Crippen molar-refractivity contribution in [1.29, 1.82) is 0 Å². The van der Waals surface area contributed by atoms with Gasteiger partial charge in [-0.2, -0.15) is 0 Å². The lowest BCUT2D eigenvalue weighted by molar-refractivity contribution is -0.211. The van der Waals surface area contributed by atoms with E-state index >= 15 is 0 Å². The Labute approximate surface area is 167 Å². The molecule has 0 saturated heterocycles. The van der Waals surface area contributed by atoms with Crippen LogP contribution >= 0.6 is 0 Å². The van der Waals surface area contributed by atoms with Crippen LogP contribution in [0.5, 0.6) is 0 Å². The Morgan fingerprint density at radius 3 is 2.25 bits per heavy atom. The van der Waals surface area contributed by atoms with E-state index in [0.29, 0.717) is 6.42 Å². The van der Waals surface area contributed by atoms with E-state index in [1.807, 2.05) is 13.8 Å². The Bertz CT molecular complexity index is 504. The zero-order valence-electron chi connectivity index (χ0n) is 17.2. The number of hydrogen-bond donors (Lipinski definition) is 4. The summed E-state index contributed by atoms with van der Waals surface area (Å²) in [5.74, 6) is -1.76. The highest BCUT2D eigenvalue weighted by atomic mass is 17.1. The molecule has 8 heteroatoms. The zero-order chi connectivity index (χ0) is 21.2. The van der Waals surface area contributed by atoms with Crippen LogP contribution < -0.4 is 0 Å². The number of hydrogen-bond acceptors (Lipinski definition) is 8. The standard InChI is InChI=1S/C20H36O8/c1-4-5-6-7-8-9-10-15(12-21)26-18-17(28-25)19(24)27-20(18,11-14(2)3)16(23)13-22/h14-16,21-23,25H,4-13H2,1-3H3/t15?,16-,20+/m0/s1. The smallest absolute Gasteiger partial charge is 0.382 e. The SMILES string of the molecule is CCCCCCCCC(CO)OC1=C(OO)C(=O)O[C@]1(CC(C)C)[C@@H](O)CO. The van der Waals surface area contributed by atoms with Gasteiger partial charge in [-0.3, -0.25) is 0 Å². The summed E-state index contributed by atoms with van der Waals surface area (Å²) in [6, 6.07) is 0. The maximum absolute atomic E-state index is 12.2. The molecule has 164 valence electrons. The first kappa shape index (κ1) is 24.7. The van der Waals surface area contributed by atoms with Crippen LogP contribution in [0.3, 0.4) is 0 Å². The van der Waals surface area contributed by atoms with Crippen LogP contribution in [0.4, 0.5) is 0 Å². The normalized spacial score (nSPS) is 21.8. The van der Waals surface area contributed by atoms with Crippen molar-refractivity contribution in [1.82, 2.24) is 0 Å². The van der Waals surface area contributed by atoms with Gasteiger partial charge in [-0.05, 0) is 25.2 Å². The molecule has 0 amide bonds. The Morgan fingerprint density at radius 2 is 1.71 bits per heavy atom. The van der Waals surface area contributed by atoms with Crippen LogP contribution in [0.2, 0.25) is 0 Å². The summed E-state index contributed by atoms with van der Waals surface area (Å²) in [5, 5.41) is 38.8. The third-order valence-electron chi connectivity index (χ3n) is 4.93. The highest BCUT2D eigenvalue weighted by molar-refractivity contribution is 5.90. The molecule has 28 heavy (non-hydrogen) atoms. The minimum absolute atomic E-state index is 0.0308. The van der Waals surface area contributed by atoms with Crippen LogP contribution in [0.15, 0.2) is 11.5 Å². The van der Waals surface area contributed by atoms with Crippen molar-refractivity contribution in [2.45, 2.75) is 89.9 Å². The molecule has 0 aromatic carbocycles. The first-order valence-corrected chi connectivity index (χ1v) is 10.2. The summed E-state index contributed by atoms with van der Waals surface area (Å²) >= 11 is 0. The van der Waals surface area contributed by atoms with Crippen molar-refractivity contribution in [3.63, 3.8) is 0 Å². The third-order valence-corrected chi connectivity index (χ3v) is 4.93. The quantitative estimate of drug-likeness (QED) is 0.142. The van der Waals surface area contributed by atoms with Crippen LogP contribution in [0.1, 0.15) is 72.1 Å². The first-order valence-electron chi connectivity index (χ1n) is 10.2. The summed E-state index contributed by atoms with van der Waals surface area (Å²) in [7, 11) is 0. The third kappa shape index (κ3) is 6.34. The Hall–Kier alpha value is -1.35. The molecule has 0 bridgehead atoms. The minimum Gasteiger partial charge on any atom is -0.484 e. The fourth-order valence-electron chi connectivity index (χ4n) is 3.53. The number of carbonyl (C=O) groups is 1. The van der Waals surface area contributed by atoms with Crippen molar-refractivity contribution >= 4 is 5.97 Å². The van der Waals surface area contributed by atoms with E-state index in [4.69, 9.17) is 14.7 Å². The van der Waals surface area contributed by atoms with E-state index in [-0.39, 0.29) is 24.7 Å². The van der Waals surface area contributed by atoms with Crippen molar-refractivity contribution in [3.05, 3.63) is 11.5 Å². The van der Waals surface area contributed by atoms with Crippen molar-refractivity contribution in [3.8, 4) is 0 Å². The molecule has 0 saturated carbocycles. The Kier molecular flexibility index (Phi) is 10.8. The summed E-state index contributed by atoms with van der Waals surface area (Å²) in [6.45, 7) is 4.88. The number of aliphatic hydroxyl groups excluding tert-OH is 3. The summed E-state index contributed by atoms with van der Waals surface area (Å²) in [4.78, 5) is 16.4.